The molecule has 2 N–H and O–H groups in total. The molecule has 0 saturated heterocycles. The van der Waals surface area contributed by atoms with E-state index in [1.807, 2.05) is 30.3 Å². The summed E-state index contributed by atoms with van der Waals surface area (Å²) in [5.74, 6) is 0.762. The molecule has 0 aliphatic rings. The van der Waals surface area contributed by atoms with E-state index in [0.717, 1.165) is 11.3 Å². The van der Waals surface area contributed by atoms with Crippen molar-refractivity contribution in [1.82, 2.24) is 5.32 Å². The molecule has 0 radical (unpaired) electrons. The fourth-order valence-electron chi connectivity index (χ4n) is 1.85. The molecule has 1 aromatic heterocycles. The maximum absolute atomic E-state index is 11.7. The number of rotatable bonds is 8. The van der Waals surface area contributed by atoms with Crippen LogP contribution in [-0.2, 0) is 4.79 Å². The van der Waals surface area contributed by atoms with Crippen LogP contribution in [0.4, 0.5) is 0 Å². The quantitative estimate of drug-likeness (QED) is 0.736. The zero-order chi connectivity index (χ0) is 14.9. The lowest BCUT2D eigenvalue weighted by molar-refractivity contribution is -0.120. The van der Waals surface area contributed by atoms with Gasteiger partial charge in [-0.25, -0.2) is 0 Å². The average molecular weight is 305 g/mol. The van der Waals surface area contributed by atoms with Crippen molar-refractivity contribution >= 4 is 17.7 Å². The molecule has 21 heavy (non-hydrogen) atoms. The Balaban J connectivity index is 1.57. The first-order valence-electron chi connectivity index (χ1n) is 6.90. The van der Waals surface area contributed by atoms with Crippen LogP contribution in [0.5, 0.6) is 0 Å². The van der Waals surface area contributed by atoms with Crippen LogP contribution in [0, 0.1) is 0 Å². The Morgan fingerprint density at radius 2 is 2.10 bits per heavy atom. The monoisotopic (exact) mass is 305 g/mol. The predicted molar refractivity (Wildman–Crippen MR) is 83.1 cm³/mol. The van der Waals surface area contributed by atoms with E-state index in [4.69, 9.17) is 4.42 Å². The Bertz CT molecular complexity index is 528. The molecule has 0 saturated carbocycles. The fraction of sp³-hybridized carbons (Fsp3) is 0.312. The lowest BCUT2D eigenvalue weighted by Crippen LogP contribution is -2.25. The van der Waals surface area contributed by atoms with E-state index >= 15 is 0 Å². The van der Waals surface area contributed by atoms with Crippen LogP contribution >= 0.6 is 11.8 Å². The number of furan rings is 1. The van der Waals surface area contributed by atoms with Gasteiger partial charge in [-0.15, -0.1) is 11.8 Å². The fourth-order valence-corrected chi connectivity index (χ4v) is 2.72. The molecule has 112 valence electrons. The van der Waals surface area contributed by atoms with Gasteiger partial charge in [0.2, 0.25) is 5.91 Å². The zero-order valence-corrected chi connectivity index (χ0v) is 12.5. The third-order valence-corrected chi connectivity index (χ3v) is 4.02. The Morgan fingerprint density at radius 1 is 1.29 bits per heavy atom. The number of aliphatic hydroxyl groups excluding tert-OH is 1. The summed E-state index contributed by atoms with van der Waals surface area (Å²) in [6.45, 7) is 0.460. The average Bonchev–Trinajstić information content (AvgIpc) is 3.02. The van der Waals surface area contributed by atoms with E-state index < -0.39 is 6.10 Å². The Hall–Kier alpha value is -1.72. The van der Waals surface area contributed by atoms with E-state index in [1.165, 1.54) is 17.4 Å². The third kappa shape index (κ3) is 5.65. The number of nitrogens with one attached hydrogen (secondary N) is 1. The first-order chi connectivity index (χ1) is 10.3. The molecule has 0 bridgehead atoms. The Kier molecular flexibility index (Phi) is 6.37. The van der Waals surface area contributed by atoms with Gasteiger partial charge in [0, 0.05) is 29.2 Å². The molecule has 0 spiro atoms. The zero-order valence-electron chi connectivity index (χ0n) is 11.7. The van der Waals surface area contributed by atoms with E-state index in [-0.39, 0.29) is 5.91 Å². The summed E-state index contributed by atoms with van der Waals surface area (Å²) in [5.41, 5.74) is 0.740. The molecule has 2 rings (SSSR count). The molecule has 0 aliphatic carbocycles. The first-order valence-corrected chi connectivity index (χ1v) is 7.89. The predicted octanol–water partition coefficient (Wildman–Crippen LogP) is 3.00. The molecule has 1 amide bonds. The third-order valence-electron chi connectivity index (χ3n) is 3.01. The topological polar surface area (TPSA) is 62.5 Å². The number of hydrogen-bond donors (Lipinski definition) is 2. The van der Waals surface area contributed by atoms with Gasteiger partial charge < -0.3 is 14.8 Å². The van der Waals surface area contributed by atoms with Crippen molar-refractivity contribution in [2.75, 3.05) is 12.3 Å². The molecule has 5 heteroatoms. The van der Waals surface area contributed by atoms with Gasteiger partial charge in [0.1, 0.15) is 0 Å². The summed E-state index contributed by atoms with van der Waals surface area (Å²) in [5, 5.41) is 12.7. The number of carbonyl (C=O) groups is 1. The van der Waals surface area contributed by atoms with Crippen LogP contribution in [-0.4, -0.2) is 23.3 Å². The number of carbonyl (C=O) groups excluding carboxylic acids is 1. The Labute approximate surface area is 128 Å². The largest absolute Gasteiger partial charge is 0.472 e. The maximum atomic E-state index is 11.7. The summed E-state index contributed by atoms with van der Waals surface area (Å²) in [6.07, 6.45) is 3.40. The van der Waals surface area contributed by atoms with Gasteiger partial charge in [-0.2, -0.15) is 0 Å². The second-order valence-corrected chi connectivity index (χ2v) is 5.79. The van der Waals surface area contributed by atoms with Crippen molar-refractivity contribution < 1.29 is 14.3 Å². The highest BCUT2D eigenvalue weighted by molar-refractivity contribution is 7.99. The first kappa shape index (κ1) is 15.7. The van der Waals surface area contributed by atoms with Crippen LogP contribution in [0.25, 0.3) is 0 Å². The highest BCUT2D eigenvalue weighted by Crippen LogP contribution is 2.18. The van der Waals surface area contributed by atoms with Gasteiger partial charge in [-0.1, -0.05) is 18.2 Å². The number of benzene rings is 1. The van der Waals surface area contributed by atoms with Crippen LogP contribution in [0.1, 0.15) is 24.5 Å². The Morgan fingerprint density at radius 3 is 2.81 bits per heavy atom. The van der Waals surface area contributed by atoms with Crippen molar-refractivity contribution in [1.29, 1.82) is 0 Å². The van der Waals surface area contributed by atoms with Gasteiger partial charge in [0.15, 0.2) is 0 Å². The van der Waals surface area contributed by atoms with Crippen molar-refractivity contribution in [3.05, 3.63) is 54.5 Å². The van der Waals surface area contributed by atoms with Crippen molar-refractivity contribution in [3.63, 3.8) is 0 Å². The molecule has 1 heterocycles. The molecular formula is C16H19NO3S. The molecule has 1 aromatic carbocycles. The lowest BCUT2D eigenvalue weighted by Gasteiger charge is -2.09. The summed E-state index contributed by atoms with van der Waals surface area (Å²) in [4.78, 5) is 12.8. The van der Waals surface area contributed by atoms with Gasteiger partial charge in [-0.3, -0.25) is 4.79 Å². The highest BCUT2D eigenvalue weighted by Gasteiger charge is 2.09. The molecule has 4 nitrogen and oxygen atoms in total. The minimum atomic E-state index is -0.595. The number of amides is 1. The second-order valence-electron chi connectivity index (χ2n) is 4.62. The van der Waals surface area contributed by atoms with Crippen molar-refractivity contribution in [2.45, 2.75) is 23.8 Å². The van der Waals surface area contributed by atoms with Crippen LogP contribution < -0.4 is 5.32 Å². The number of thioether (sulfide) groups is 1. The molecule has 0 fully saturated rings. The standard InChI is InChI=1S/C16H19NO3S/c18-15(13-7-10-20-12-13)6-9-17-16(19)8-11-21-14-4-2-1-3-5-14/h1-5,7,10,12,15,18H,6,8-9,11H2,(H,17,19). The van der Waals surface area contributed by atoms with Crippen LogP contribution in [0.15, 0.2) is 58.2 Å². The molecule has 1 atom stereocenters. The van der Waals surface area contributed by atoms with Crippen molar-refractivity contribution in [2.24, 2.45) is 0 Å². The van der Waals surface area contributed by atoms with Gasteiger partial charge in [-0.05, 0) is 24.6 Å². The summed E-state index contributed by atoms with van der Waals surface area (Å²) in [7, 11) is 0. The maximum Gasteiger partial charge on any atom is 0.220 e. The van der Waals surface area contributed by atoms with E-state index in [0.29, 0.717) is 19.4 Å². The molecule has 0 aliphatic heterocycles. The smallest absolute Gasteiger partial charge is 0.220 e. The second kappa shape index (κ2) is 8.54. The highest BCUT2D eigenvalue weighted by atomic mass is 32.2. The van der Waals surface area contributed by atoms with Crippen molar-refractivity contribution in [3.8, 4) is 0 Å². The summed E-state index contributed by atoms with van der Waals surface area (Å²) < 4.78 is 4.91. The molecular weight excluding hydrogens is 286 g/mol. The van der Waals surface area contributed by atoms with E-state index in [9.17, 15) is 9.90 Å². The van der Waals surface area contributed by atoms with Crippen LogP contribution in [0.2, 0.25) is 0 Å². The lowest BCUT2D eigenvalue weighted by atomic mass is 10.1. The van der Waals surface area contributed by atoms with E-state index in [1.54, 1.807) is 17.8 Å². The number of aliphatic hydroxyl groups is 1. The molecule has 2 aromatic rings. The van der Waals surface area contributed by atoms with E-state index in [2.05, 4.69) is 5.32 Å². The van der Waals surface area contributed by atoms with Crippen LogP contribution in [0.3, 0.4) is 0 Å². The minimum Gasteiger partial charge on any atom is -0.472 e. The summed E-state index contributed by atoms with van der Waals surface area (Å²) >= 11 is 1.66. The molecule has 1 unspecified atom stereocenters. The van der Waals surface area contributed by atoms with Gasteiger partial charge >= 0.3 is 0 Å². The van der Waals surface area contributed by atoms with Gasteiger partial charge in [0.05, 0.1) is 18.6 Å². The summed E-state index contributed by atoms with van der Waals surface area (Å²) in [6, 6.07) is 11.7. The van der Waals surface area contributed by atoms with Gasteiger partial charge in [0.25, 0.3) is 0 Å². The normalized spacial score (nSPS) is 12.0. The SMILES string of the molecule is O=C(CCSc1ccccc1)NCCC(O)c1ccoc1. The number of hydrogen-bond acceptors (Lipinski definition) is 4. The minimum absolute atomic E-state index is 0.0119.